The Balaban J connectivity index is 1.64. The number of benzene rings is 3. The van der Waals surface area contributed by atoms with Crippen molar-refractivity contribution < 1.29 is 19.0 Å². The molecule has 186 valence electrons. The summed E-state index contributed by atoms with van der Waals surface area (Å²) in [7, 11) is 4.66. The lowest BCUT2D eigenvalue weighted by Gasteiger charge is -2.15. The maximum Gasteiger partial charge on any atom is 0.331 e. The van der Waals surface area contributed by atoms with Crippen LogP contribution in [0.25, 0.3) is 10.9 Å². The van der Waals surface area contributed by atoms with Crippen molar-refractivity contribution in [3.8, 4) is 17.2 Å². The smallest absolute Gasteiger partial charge is 0.331 e. The monoisotopic (exact) mass is 489 g/mol. The molecule has 0 bridgehead atoms. The average molecular weight is 490 g/mol. The van der Waals surface area contributed by atoms with Crippen molar-refractivity contribution >= 4 is 22.5 Å². The number of nitrogens with zero attached hydrogens (tertiary/aromatic N) is 2. The van der Waals surface area contributed by atoms with E-state index >= 15 is 0 Å². The molecule has 0 spiro atoms. The van der Waals surface area contributed by atoms with Gasteiger partial charge in [-0.15, -0.1) is 0 Å². The Hall–Kier alpha value is -4.53. The van der Waals surface area contributed by atoms with E-state index in [0.717, 1.165) is 5.56 Å². The summed E-state index contributed by atoms with van der Waals surface area (Å²) in [6, 6.07) is 19.1. The molecule has 9 nitrogen and oxygen atoms in total. The van der Waals surface area contributed by atoms with Crippen LogP contribution in [0.4, 0.5) is 5.69 Å². The normalized spacial score (nSPS) is 10.8. The Labute approximate surface area is 207 Å². The Morgan fingerprint density at radius 1 is 0.833 bits per heavy atom. The minimum absolute atomic E-state index is 0.137. The van der Waals surface area contributed by atoms with Gasteiger partial charge in [-0.05, 0) is 60.5 Å². The number of methoxy groups -OCH3 is 3. The lowest BCUT2D eigenvalue weighted by atomic mass is 10.1. The molecule has 4 aromatic rings. The number of carbonyl (C=O) groups excluding carboxylic acids is 1. The van der Waals surface area contributed by atoms with E-state index in [2.05, 4.69) is 5.32 Å². The van der Waals surface area contributed by atoms with Gasteiger partial charge in [0.15, 0.2) is 11.5 Å². The maximum atomic E-state index is 13.4. The van der Waals surface area contributed by atoms with E-state index in [1.54, 1.807) is 75.9 Å². The highest BCUT2D eigenvalue weighted by atomic mass is 16.5. The zero-order valence-corrected chi connectivity index (χ0v) is 20.3. The van der Waals surface area contributed by atoms with Crippen molar-refractivity contribution in [1.82, 2.24) is 9.13 Å². The van der Waals surface area contributed by atoms with Gasteiger partial charge in [-0.25, -0.2) is 4.79 Å². The fourth-order valence-electron chi connectivity index (χ4n) is 4.02. The second kappa shape index (κ2) is 10.8. The molecule has 0 aliphatic rings. The van der Waals surface area contributed by atoms with Gasteiger partial charge in [0.1, 0.15) is 12.3 Å². The third kappa shape index (κ3) is 5.10. The first-order chi connectivity index (χ1) is 17.4. The molecule has 0 atom stereocenters. The molecule has 1 aromatic heterocycles. The number of para-hydroxylation sites is 1. The van der Waals surface area contributed by atoms with Crippen molar-refractivity contribution in [3.63, 3.8) is 0 Å². The zero-order valence-electron chi connectivity index (χ0n) is 20.3. The summed E-state index contributed by atoms with van der Waals surface area (Å²) in [5.41, 5.74) is 0.891. The number of hydrogen-bond acceptors (Lipinski definition) is 6. The minimum Gasteiger partial charge on any atom is -0.497 e. The van der Waals surface area contributed by atoms with E-state index < -0.39 is 17.2 Å². The quantitative estimate of drug-likeness (QED) is 0.388. The van der Waals surface area contributed by atoms with Gasteiger partial charge in [-0.3, -0.25) is 18.7 Å². The molecule has 3 aromatic carbocycles. The third-order valence-corrected chi connectivity index (χ3v) is 5.88. The molecule has 9 heteroatoms. The minimum atomic E-state index is -0.552. The standard InChI is InChI=1S/C27H27N3O6/c1-34-20-11-9-19(10-12-20)28-25(31)17-30-22-7-5-4-6-21(22)26(32)29(27(30)33)15-14-18-8-13-23(35-2)24(16-18)36-3/h4-13,16H,14-15,17H2,1-3H3,(H,28,31). The fraction of sp³-hybridized carbons (Fsp3) is 0.222. The van der Waals surface area contributed by atoms with E-state index in [4.69, 9.17) is 14.2 Å². The largest absolute Gasteiger partial charge is 0.497 e. The number of aromatic nitrogens is 2. The van der Waals surface area contributed by atoms with Crippen molar-refractivity contribution in [1.29, 1.82) is 0 Å². The van der Waals surface area contributed by atoms with E-state index in [1.165, 1.54) is 9.13 Å². The molecule has 0 fully saturated rings. The van der Waals surface area contributed by atoms with Crippen LogP contribution in [0.15, 0.2) is 76.3 Å². The molecule has 36 heavy (non-hydrogen) atoms. The molecule has 0 aliphatic heterocycles. The van der Waals surface area contributed by atoms with Crippen LogP contribution in [-0.4, -0.2) is 36.4 Å². The number of amides is 1. The molecule has 4 rings (SSSR count). The van der Waals surface area contributed by atoms with E-state index in [0.29, 0.717) is 40.3 Å². The molecule has 1 amide bonds. The topological polar surface area (TPSA) is 101 Å². The van der Waals surface area contributed by atoms with Gasteiger partial charge in [0.25, 0.3) is 5.56 Å². The molecule has 1 heterocycles. The molecule has 0 saturated heterocycles. The number of aryl methyl sites for hydroxylation is 1. The Morgan fingerprint density at radius 2 is 1.56 bits per heavy atom. The van der Waals surface area contributed by atoms with Crippen LogP contribution in [0.3, 0.4) is 0 Å². The molecule has 0 aliphatic carbocycles. The predicted molar refractivity (Wildman–Crippen MR) is 137 cm³/mol. The summed E-state index contributed by atoms with van der Waals surface area (Å²) in [6.45, 7) is -0.111. The van der Waals surface area contributed by atoms with Crippen LogP contribution in [0.5, 0.6) is 17.2 Å². The maximum absolute atomic E-state index is 13.4. The number of ether oxygens (including phenoxy) is 3. The highest BCUT2D eigenvalue weighted by Crippen LogP contribution is 2.27. The summed E-state index contributed by atoms with van der Waals surface area (Å²) < 4.78 is 18.2. The van der Waals surface area contributed by atoms with Crippen molar-refractivity contribution in [2.24, 2.45) is 0 Å². The highest BCUT2D eigenvalue weighted by Gasteiger charge is 2.16. The second-order valence-corrected chi connectivity index (χ2v) is 8.06. The zero-order chi connectivity index (χ0) is 25.7. The van der Waals surface area contributed by atoms with E-state index in [9.17, 15) is 14.4 Å². The number of rotatable bonds is 9. The van der Waals surface area contributed by atoms with Gasteiger partial charge >= 0.3 is 5.69 Å². The summed E-state index contributed by atoms with van der Waals surface area (Å²) >= 11 is 0. The highest BCUT2D eigenvalue weighted by molar-refractivity contribution is 5.91. The van der Waals surface area contributed by atoms with Gasteiger partial charge in [0, 0.05) is 12.2 Å². The summed E-state index contributed by atoms with van der Waals surface area (Å²) in [5, 5.41) is 3.14. The Bertz CT molecular complexity index is 1510. The average Bonchev–Trinajstić information content (AvgIpc) is 2.91. The van der Waals surface area contributed by atoms with Crippen LogP contribution >= 0.6 is 0 Å². The molecule has 0 unspecified atom stereocenters. The third-order valence-electron chi connectivity index (χ3n) is 5.88. The number of nitrogens with one attached hydrogen (secondary N) is 1. The summed E-state index contributed by atoms with van der Waals surface area (Å²) in [5.74, 6) is 1.43. The number of hydrogen-bond donors (Lipinski definition) is 1. The number of anilines is 1. The van der Waals surface area contributed by atoms with Crippen LogP contribution < -0.4 is 30.8 Å². The predicted octanol–water partition coefficient (Wildman–Crippen LogP) is 3.07. The molecule has 0 saturated carbocycles. The molecule has 0 radical (unpaired) electrons. The molecular weight excluding hydrogens is 462 g/mol. The van der Waals surface area contributed by atoms with Gasteiger partial charge in [-0.1, -0.05) is 18.2 Å². The summed E-state index contributed by atoms with van der Waals surface area (Å²) in [4.78, 5) is 39.4. The van der Waals surface area contributed by atoms with Crippen molar-refractivity contribution in [2.45, 2.75) is 19.5 Å². The van der Waals surface area contributed by atoms with Gasteiger partial charge < -0.3 is 19.5 Å². The first-order valence-electron chi connectivity index (χ1n) is 11.3. The first-order valence-corrected chi connectivity index (χ1v) is 11.3. The Kier molecular flexibility index (Phi) is 7.39. The van der Waals surface area contributed by atoms with Gasteiger partial charge in [0.05, 0.1) is 32.2 Å². The van der Waals surface area contributed by atoms with Crippen molar-refractivity contribution in [3.05, 3.63) is 93.1 Å². The first kappa shape index (κ1) is 24.6. The SMILES string of the molecule is COc1ccc(NC(=O)Cn2c(=O)n(CCc3ccc(OC)c(OC)c3)c(=O)c3ccccc32)cc1. The lowest BCUT2D eigenvalue weighted by Crippen LogP contribution is -2.42. The second-order valence-electron chi connectivity index (χ2n) is 8.06. The fourth-order valence-corrected chi connectivity index (χ4v) is 4.02. The number of fused-ring (bicyclic) bond motifs is 1. The van der Waals surface area contributed by atoms with Crippen LogP contribution in [0.2, 0.25) is 0 Å². The van der Waals surface area contributed by atoms with Crippen molar-refractivity contribution in [2.75, 3.05) is 26.6 Å². The van der Waals surface area contributed by atoms with E-state index in [1.807, 2.05) is 12.1 Å². The summed E-state index contributed by atoms with van der Waals surface area (Å²) in [6.07, 6.45) is 0.409. The molecular formula is C27H27N3O6. The Morgan fingerprint density at radius 3 is 2.25 bits per heavy atom. The number of carbonyl (C=O) groups is 1. The lowest BCUT2D eigenvalue weighted by molar-refractivity contribution is -0.116. The molecule has 1 N–H and O–H groups in total. The van der Waals surface area contributed by atoms with Gasteiger partial charge in [0.2, 0.25) is 5.91 Å². The van der Waals surface area contributed by atoms with Crippen LogP contribution in [0.1, 0.15) is 5.56 Å². The van der Waals surface area contributed by atoms with Gasteiger partial charge in [-0.2, -0.15) is 0 Å². The van der Waals surface area contributed by atoms with Crippen LogP contribution in [0, 0.1) is 0 Å². The van der Waals surface area contributed by atoms with E-state index in [-0.39, 0.29) is 13.1 Å². The van der Waals surface area contributed by atoms with Crippen LogP contribution in [-0.2, 0) is 24.3 Å².